The van der Waals surface area contributed by atoms with Gasteiger partial charge in [-0.25, -0.2) is 15.8 Å². The molecule has 0 saturated heterocycles. The molecule has 0 bridgehead atoms. The number of nitriles is 2. The van der Waals surface area contributed by atoms with Crippen molar-refractivity contribution in [3.63, 3.8) is 0 Å². The molecule has 2 heterocycles. The molecule has 0 aliphatic rings. The van der Waals surface area contributed by atoms with E-state index in [-0.39, 0.29) is 16.3 Å². The second-order valence-corrected chi connectivity index (χ2v) is 13.8. The van der Waals surface area contributed by atoms with E-state index >= 15 is 0 Å². The summed E-state index contributed by atoms with van der Waals surface area (Å²) in [5.41, 5.74) is 8.28. The number of hydrogen-bond donors (Lipinski definition) is 2. The summed E-state index contributed by atoms with van der Waals surface area (Å²) in [5, 5.41) is 20.4. The summed E-state index contributed by atoms with van der Waals surface area (Å²) in [7, 11) is 0. The second-order valence-electron chi connectivity index (χ2n) is 12.7. The normalized spacial score (nSPS) is 10.3. The summed E-state index contributed by atoms with van der Waals surface area (Å²) < 4.78 is 11.6. The Morgan fingerprint density at radius 3 is 1.20 bits per heavy atom. The van der Waals surface area contributed by atoms with Gasteiger partial charge in [0.25, 0.3) is 0 Å². The summed E-state index contributed by atoms with van der Waals surface area (Å²) in [5.74, 6) is 8.96. The van der Waals surface area contributed by atoms with Crippen molar-refractivity contribution in [3.05, 3.63) is 196 Å². The molecule has 0 aliphatic carbocycles. The third-order valence-corrected chi connectivity index (χ3v) is 9.96. The van der Waals surface area contributed by atoms with Gasteiger partial charge < -0.3 is 14.9 Å². The van der Waals surface area contributed by atoms with Gasteiger partial charge in [0.05, 0.1) is 32.6 Å². The molecule has 6 aromatic carbocycles. The van der Waals surface area contributed by atoms with Gasteiger partial charge in [0.1, 0.15) is 46.1 Å². The number of halogens is 3. The molecular formula is C48H31Cl3N6O2. The number of rotatable bonds is 9. The Morgan fingerprint density at radius 2 is 0.797 bits per heavy atom. The molecule has 0 fully saturated rings. The maximum atomic E-state index is 9.79. The average Bonchev–Trinajstić information content (AvgIpc) is 3.28. The monoisotopic (exact) mass is 828 g/mol. The number of hydrazine groups is 1. The lowest BCUT2D eigenvalue weighted by atomic mass is 10.00. The van der Waals surface area contributed by atoms with Crippen LogP contribution < -0.4 is 20.7 Å². The minimum absolute atomic E-state index is 0.250. The van der Waals surface area contributed by atoms with Crippen LogP contribution in [0.25, 0.3) is 44.8 Å². The first-order chi connectivity index (χ1) is 28.9. The van der Waals surface area contributed by atoms with Crippen LogP contribution in [-0.2, 0) is 0 Å². The molecule has 8 nitrogen and oxygen atoms in total. The fourth-order valence-electron chi connectivity index (χ4n) is 6.14. The molecule has 286 valence electrons. The Labute approximate surface area is 356 Å². The van der Waals surface area contributed by atoms with E-state index in [2.05, 4.69) is 27.5 Å². The summed E-state index contributed by atoms with van der Waals surface area (Å²) in [6.07, 6.45) is 0. The fraction of sp³-hybridized carbons (Fsp3) is 0. The van der Waals surface area contributed by atoms with Gasteiger partial charge in [0.2, 0.25) is 0 Å². The van der Waals surface area contributed by atoms with Crippen molar-refractivity contribution in [2.75, 3.05) is 5.43 Å². The average molecular weight is 830 g/mol. The largest absolute Gasteiger partial charge is 0.457 e. The molecule has 8 rings (SSSR count). The van der Waals surface area contributed by atoms with Crippen LogP contribution >= 0.6 is 34.8 Å². The van der Waals surface area contributed by atoms with Gasteiger partial charge in [-0.1, -0.05) is 132 Å². The van der Waals surface area contributed by atoms with E-state index in [1.54, 1.807) is 0 Å². The van der Waals surface area contributed by atoms with Gasteiger partial charge in [-0.05, 0) is 83.9 Å². The molecule has 8 aromatic rings. The highest BCUT2D eigenvalue weighted by molar-refractivity contribution is 6.39. The van der Waals surface area contributed by atoms with E-state index < -0.39 is 0 Å². The van der Waals surface area contributed by atoms with E-state index in [1.807, 2.05) is 170 Å². The number of nitrogens with one attached hydrogen (secondary N) is 1. The number of anilines is 1. The van der Waals surface area contributed by atoms with Crippen LogP contribution in [-0.4, -0.2) is 9.97 Å². The smallest absolute Gasteiger partial charge is 0.150 e. The molecule has 0 atom stereocenters. The first kappa shape index (κ1) is 40.0. The van der Waals surface area contributed by atoms with Crippen molar-refractivity contribution >= 4 is 40.6 Å². The van der Waals surface area contributed by atoms with Gasteiger partial charge in [0, 0.05) is 22.3 Å². The molecular weight excluding hydrogens is 799 g/mol. The number of nitrogen functional groups attached to an aromatic ring is 1. The van der Waals surface area contributed by atoms with Crippen LogP contribution in [0.4, 0.5) is 5.82 Å². The fourth-order valence-corrected chi connectivity index (χ4v) is 7.14. The van der Waals surface area contributed by atoms with E-state index in [0.29, 0.717) is 49.9 Å². The Hall–Kier alpha value is -7.17. The molecule has 11 heteroatoms. The van der Waals surface area contributed by atoms with Crippen molar-refractivity contribution < 1.29 is 9.47 Å². The van der Waals surface area contributed by atoms with Gasteiger partial charge >= 0.3 is 0 Å². The van der Waals surface area contributed by atoms with E-state index in [0.717, 1.165) is 33.8 Å². The Kier molecular flexibility index (Phi) is 12.8. The lowest BCUT2D eigenvalue weighted by Crippen LogP contribution is -2.11. The topological polar surface area (TPSA) is 130 Å². The molecule has 0 amide bonds. The van der Waals surface area contributed by atoms with Gasteiger partial charge in [-0.15, -0.1) is 0 Å². The number of aromatic nitrogens is 2. The molecule has 0 saturated carbocycles. The predicted molar refractivity (Wildman–Crippen MR) is 236 cm³/mol. The molecule has 2 aromatic heterocycles. The number of nitrogens with zero attached hydrogens (tertiary/aromatic N) is 4. The quantitative estimate of drug-likeness (QED) is 0.0835. The number of hydrogen-bond acceptors (Lipinski definition) is 8. The van der Waals surface area contributed by atoms with E-state index in [1.165, 1.54) is 0 Å². The standard InChI is InChI=1S/C24H14Cl2N2O.C24H17ClN4O/c25-22-20(15-27)23(28-24(26)21(22)16-7-3-1-4-8-16)17-11-13-19(14-12-17)29-18-9-5-2-6-10-18;25-22-20(15-26)23(28-24(29-27)21(22)16-7-3-1-4-8-16)17-11-13-19(14-12-17)30-18-9-5-2-6-10-18/h1-14H;1-14H,27H2,(H,28,29). The maximum Gasteiger partial charge on any atom is 0.150 e. The van der Waals surface area contributed by atoms with Gasteiger partial charge in [-0.3, -0.25) is 0 Å². The Balaban J connectivity index is 0.000000179. The van der Waals surface area contributed by atoms with Gasteiger partial charge in [0.15, 0.2) is 0 Å². The van der Waals surface area contributed by atoms with Crippen LogP contribution in [0.1, 0.15) is 11.1 Å². The summed E-state index contributed by atoms with van der Waals surface area (Å²) in [6.45, 7) is 0. The van der Waals surface area contributed by atoms with Crippen LogP contribution in [0, 0.1) is 22.7 Å². The lowest BCUT2D eigenvalue weighted by Gasteiger charge is -2.15. The van der Waals surface area contributed by atoms with E-state index in [4.69, 9.17) is 50.1 Å². The van der Waals surface area contributed by atoms with Crippen LogP contribution in [0.5, 0.6) is 23.0 Å². The van der Waals surface area contributed by atoms with Gasteiger partial charge in [-0.2, -0.15) is 10.5 Å². The third kappa shape index (κ3) is 9.19. The molecule has 0 unspecified atom stereocenters. The maximum absolute atomic E-state index is 9.79. The lowest BCUT2D eigenvalue weighted by molar-refractivity contribution is 0.482. The highest BCUT2D eigenvalue weighted by Gasteiger charge is 2.22. The summed E-state index contributed by atoms with van der Waals surface area (Å²) in [4.78, 5) is 9.08. The minimum atomic E-state index is 0.250. The zero-order chi connectivity index (χ0) is 41.1. The summed E-state index contributed by atoms with van der Waals surface area (Å²) in [6, 6.07) is 56.8. The first-order valence-corrected chi connectivity index (χ1v) is 19.2. The third-order valence-electron chi connectivity index (χ3n) is 8.93. The zero-order valence-electron chi connectivity index (χ0n) is 31.0. The molecule has 3 N–H and O–H groups in total. The van der Waals surface area contributed by atoms with Crippen molar-refractivity contribution in [1.29, 1.82) is 10.5 Å². The minimum Gasteiger partial charge on any atom is -0.457 e. The first-order valence-electron chi connectivity index (χ1n) is 18.0. The van der Waals surface area contributed by atoms with Crippen molar-refractivity contribution in [3.8, 4) is 79.9 Å². The van der Waals surface area contributed by atoms with Crippen molar-refractivity contribution in [2.24, 2.45) is 5.84 Å². The van der Waals surface area contributed by atoms with Crippen LogP contribution in [0.3, 0.4) is 0 Å². The highest BCUT2D eigenvalue weighted by atomic mass is 35.5. The van der Waals surface area contributed by atoms with Crippen molar-refractivity contribution in [1.82, 2.24) is 9.97 Å². The zero-order valence-corrected chi connectivity index (χ0v) is 33.3. The Bertz CT molecular complexity index is 2780. The SMILES string of the molecule is N#Cc1c(-c2ccc(Oc3ccccc3)cc2)nc(Cl)c(-c2ccccc2)c1Cl.N#Cc1c(-c2ccc(Oc3ccccc3)cc2)nc(NN)c(-c2ccccc2)c1Cl. The number of pyridine rings is 2. The number of nitrogens with two attached hydrogens (primary N) is 1. The van der Waals surface area contributed by atoms with Crippen LogP contribution in [0.2, 0.25) is 15.2 Å². The molecule has 59 heavy (non-hydrogen) atoms. The molecule has 0 spiro atoms. The number of para-hydroxylation sites is 2. The Morgan fingerprint density at radius 1 is 0.441 bits per heavy atom. The number of ether oxygens (including phenoxy) is 2. The predicted octanol–water partition coefficient (Wildman–Crippen LogP) is 13.4. The number of benzene rings is 6. The molecule has 0 radical (unpaired) electrons. The summed E-state index contributed by atoms with van der Waals surface area (Å²) >= 11 is 19.7. The molecule has 0 aliphatic heterocycles. The van der Waals surface area contributed by atoms with Crippen LogP contribution in [0.15, 0.2) is 170 Å². The van der Waals surface area contributed by atoms with Crippen molar-refractivity contribution in [2.45, 2.75) is 0 Å². The highest BCUT2D eigenvalue weighted by Crippen LogP contribution is 2.41. The second kappa shape index (κ2) is 18.8. The van der Waals surface area contributed by atoms with E-state index in [9.17, 15) is 10.5 Å².